The molecule has 6 rings (SSSR count). The molecule has 6 nitrogen and oxygen atoms in total. The third-order valence-electron chi connectivity index (χ3n) is 8.57. The molecule has 0 spiro atoms. The lowest BCUT2D eigenvalue weighted by molar-refractivity contribution is 0.388. The van der Waals surface area contributed by atoms with Crippen molar-refractivity contribution in [2.24, 2.45) is 0 Å². The zero-order chi connectivity index (χ0) is 33.3. The van der Waals surface area contributed by atoms with Crippen molar-refractivity contribution in [1.82, 2.24) is 10.3 Å². The van der Waals surface area contributed by atoms with Gasteiger partial charge in [0.05, 0.1) is 11.4 Å². The molecule has 0 radical (unpaired) electrons. The molecule has 0 aliphatic rings. The van der Waals surface area contributed by atoms with Gasteiger partial charge in [-0.25, -0.2) is 4.39 Å². The van der Waals surface area contributed by atoms with Crippen LogP contribution in [0.15, 0.2) is 146 Å². The summed E-state index contributed by atoms with van der Waals surface area (Å²) in [5, 5.41) is 27.3. The van der Waals surface area contributed by atoms with Crippen molar-refractivity contribution in [2.45, 2.75) is 25.4 Å². The van der Waals surface area contributed by atoms with Crippen LogP contribution in [0, 0.1) is 18.2 Å². The molecule has 0 saturated carbocycles. The molecule has 0 aliphatic carbocycles. The third kappa shape index (κ3) is 7.03. The average molecular weight is 636 g/mol. The average Bonchev–Trinajstić information content (AvgIpc) is 3.14. The molecule has 0 bridgehead atoms. The van der Waals surface area contributed by atoms with Crippen molar-refractivity contribution in [3.8, 4) is 0 Å². The Hall–Kier alpha value is -5.63. The molecule has 5 aromatic carbocycles. The maximum Gasteiger partial charge on any atom is 0.123 e. The van der Waals surface area contributed by atoms with Crippen LogP contribution >= 0.6 is 0 Å². The van der Waals surface area contributed by atoms with Crippen LogP contribution in [0.1, 0.15) is 44.6 Å². The second-order valence-electron chi connectivity index (χ2n) is 11.8. The molecule has 0 amide bonds. The molecule has 1 heterocycles. The highest BCUT2D eigenvalue weighted by atomic mass is 19.1. The maximum atomic E-state index is 13.4. The molecule has 48 heavy (non-hydrogen) atoms. The van der Waals surface area contributed by atoms with E-state index in [2.05, 4.69) is 57.5 Å². The summed E-state index contributed by atoms with van der Waals surface area (Å²) in [6.45, 7) is 3.09. The van der Waals surface area contributed by atoms with Gasteiger partial charge in [0.25, 0.3) is 0 Å². The SMILES string of the molecule is Cc1cc(C(=N)c2cc(CCNCc3ccc(F)cc3)c(NO)cc2NC(c2ccccc2)(c2ccccc2)c2ccccc2)ccn1. The number of hydrogen-bond acceptors (Lipinski definition) is 6. The van der Waals surface area contributed by atoms with Gasteiger partial charge in [-0.3, -0.25) is 21.1 Å². The normalized spacial score (nSPS) is 11.2. The van der Waals surface area contributed by atoms with E-state index in [0.29, 0.717) is 42.2 Å². The van der Waals surface area contributed by atoms with Gasteiger partial charge >= 0.3 is 0 Å². The maximum absolute atomic E-state index is 13.4. The lowest BCUT2D eigenvalue weighted by Gasteiger charge is -2.38. The monoisotopic (exact) mass is 635 g/mol. The number of aryl methyl sites for hydroxylation is 1. The number of hydrogen-bond donors (Lipinski definition) is 5. The van der Waals surface area contributed by atoms with Gasteiger partial charge in [-0.05, 0) is 84.1 Å². The molecular weight excluding hydrogens is 597 g/mol. The fourth-order valence-electron chi connectivity index (χ4n) is 6.16. The Kier molecular flexibility index (Phi) is 10.0. The largest absolute Gasteiger partial charge is 0.367 e. The van der Waals surface area contributed by atoms with E-state index in [0.717, 1.165) is 39.1 Å². The summed E-state index contributed by atoms with van der Waals surface area (Å²) in [4.78, 5) is 4.36. The van der Waals surface area contributed by atoms with Gasteiger partial charge in [0.1, 0.15) is 11.4 Å². The van der Waals surface area contributed by atoms with Gasteiger partial charge in [0, 0.05) is 35.2 Å². The zero-order valence-corrected chi connectivity index (χ0v) is 26.8. The Labute approximate surface area is 280 Å². The number of nitrogens with zero attached hydrogens (tertiary/aromatic N) is 1. The van der Waals surface area contributed by atoms with Crippen molar-refractivity contribution in [1.29, 1.82) is 5.41 Å². The van der Waals surface area contributed by atoms with Gasteiger partial charge in [0.2, 0.25) is 0 Å². The minimum Gasteiger partial charge on any atom is -0.367 e. The predicted molar refractivity (Wildman–Crippen MR) is 191 cm³/mol. The van der Waals surface area contributed by atoms with E-state index in [4.69, 9.17) is 0 Å². The van der Waals surface area contributed by atoms with Crippen LogP contribution in [-0.4, -0.2) is 22.4 Å². The van der Waals surface area contributed by atoms with Crippen LogP contribution in [0.2, 0.25) is 0 Å². The summed E-state index contributed by atoms with van der Waals surface area (Å²) in [6.07, 6.45) is 2.29. The summed E-state index contributed by atoms with van der Waals surface area (Å²) in [6, 6.07) is 44.9. The quantitative estimate of drug-likeness (QED) is 0.0380. The number of pyridine rings is 1. The number of anilines is 2. The van der Waals surface area contributed by atoms with Crippen LogP contribution in [0.25, 0.3) is 0 Å². The van der Waals surface area contributed by atoms with Gasteiger partial charge < -0.3 is 10.6 Å². The third-order valence-corrected chi connectivity index (χ3v) is 8.57. The first-order valence-electron chi connectivity index (χ1n) is 16.0. The fourth-order valence-corrected chi connectivity index (χ4v) is 6.16. The first kappa shape index (κ1) is 32.3. The van der Waals surface area contributed by atoms with E-state index in [1.165, 1.54) is 12.1 Å². The first-order chi connectivity index (χ1) is 23.5. The number of halogens is 1. The number of rotatable bonds is 13. The van der Waals surface area contributed by atoms with E-state index in [1.54, 1.807) is 18.3 Å². The molecule has 240 valence electrons. The van der Waals surface area contributed by atoms with Crippen LogP contribution in [0.3, 0.4) is 0 Å². The van der Waals surface area contributed by atoms with Crippen molar-refractivity contribution < 1.29 is 9.60 Å². The van der Waals surface area contributed by atoms with Crippen molar-refractivity contribution in [3.63, 3.8) is 0 Å². The minimum absolute atomic E-state index is 0.263. The van der Waals surface area contributed by atoms with E-state index in [1.807, 2.05) is 85.8 Å². The Morgan fingerprint density at radius 1 is 0.750 bits per heavy atom. The molecule has 7 heteroatoms. The van der Waals surface area contributed by atoms with Crippen molar-refractivity contribution in [2.75, 3.05) is 17.3 Å². The summed E-state index contributed by atoms with van der Waals surface area (Å²) in [7, 11) is 0. The minimum atomic E-state index is -0.849. The number of nitrogens with one attached hydrogen (secondary N) is 4. The Bertz CT molecular complexity index is 1870. The molecule has 1 aromatic heterocycles. The summed E-state index contributed by atoms with van der Waals surface area (Å²) < 4.78 is 13.4. The molecule has 0 unspecified atom stereocenters. The summed E-state index contributed by atoms with van der Waals surface area (Å²) in [5.41, 5.74) is 10.2. The standard InChI is InChI=1S/C41H38FN5O/c1-29-25-32(22-24-45-29)40(43)37-26-31(21-23-44-28-30-17-19-36(42)20-18-30)38(47-48)27-39(37)46-41(33-11-5-2-6-12-33,34-13-7-3-8-14-34)35-15-9-4-10-16-35/h2-20,22,24-27,43-44,46-48H,21,23,28H2,1H3. The van der Waals surface area contributed by atoms with Gasteiger partial charge in [-0.2, -0.15) is 0 Å². The van der Waals surface area contributed by atoms with Gasteiger partial charge in [-0.1, -0.05) is 103 Å². The lowest BCUT2D eigenvalue weighted by atomic mass is 9.76. The topological polar surface area (TPSA) is 93.1 Å². The first-order valence-corrected chi connectivity index (χ1v) is 16.0. The molecule has 6 aromatic rings. The van der Waals surface area contributed by atoms with Crippen molar-refractivity contribution in [3.05, 3.63) is 196 Å². The Morgan fingerprint density at radius 3 is 1.88 bits per heavy atom. The highest BCUT2D eigenvalue weighted by Gasteiger charge is 2.37. The van der Waals surface area contributed by atoms with Crippen LogP contribution < -0.4 is 16.1 Å². The fraction of sp³-hybridized carbons (Fsp3) is 0.122. The van der Waals surface area contributed by atoms with Gasteiger partial charge in [-0.15, -0.1) is 0 Å². The molecule has 0 saturated heterocycles. The molecular formula is C41H38FN5O. The Morgan fingerprint density at radius 2 is 1.33 bits per heavy atom. The highest BCUT2D eigenvalue weighted by Crippen LogP contribution is 2.42. The predicted octanol–water partition coefficient (Wildman–Crippen LogP) is 8.48. The van der Waals surface area contributed by atoms with Crippen LogP contribution in [0.5, 0.6) is 0 Å². The molecule has 0 fully saturated rings. The zero-order valence-electron chi connectivity index (χ0n) is 26.8. The van der Waals surface area contributed by atoms with E-state index in [-0.39, 0.29) is 5.82 Å². The van der Waals surface area contributed by atoms with E-state index in [9.17, 15) is 15.0 Å². The number of aromatic nitrogens is 1. The highest BCUT2D eigenvalue weighted by molar-refractivity contribution is 6.14. The van der Waals surface area contributed by atoms with Gasteiger partial charge in [0.15, 0.2) is 0 Å². The summed E-state index contributed by atoms with van der Waals surface area (Å²) in [5.74, 6) is -0.263. The summed E-state index contributed by atoms with van der Waals surface area (Å²) >= 11 is 0. The Balaban J connectivity index is 1.47. The molecule has 5 N–H and O–H groups in total. The number of benzene rings is 5. The van der Waals surface area contributed by atoms with Crippen LogP contribution in [0.4, 0.5) is 15.8 Å². The van der Waals surface area contributed by atoms with Crippen molar-refractivity contribution >= 4 is 17.1 Å². The van der Waals surface area contributed by atoms with E-state index < -0.39 is 5.54 Å². The molecule has 0 aliphatic heterocycles. The smallest absolute Gasteiger partial charge is 0.123 e. The lowest BCUT2D eigenvalue weighted by Crippen LogP contribution is -2.38. The van der Waals surface area contributed by atoms with E-state index >= 15 is 0 Å². The second-order valence-corrected chi connectivity index (χ2v) is 11.8. The molecule has 0 atom stereocenters. The second kappa shape index (κ2) is 14.9. The van der Waals surface area contributed by atoms with Crippen LogP contribution in [-0.2, 0) is 18.5 Å².